The molecule has 0 aliphatic heterocycles. The topological polar surface area (TPSA) is 81.9 Å². The van der Waals surface area contributed by atoms with E-state index >= 15 is 0 Å². The van der Waals surface area contributed by atoms with Gasteiger partial charge >= 0.3 is 5.69 Å². The fraction of sp³-hybridized carbons (Fsp3) is 0.222. The van der Waals surface area contributed by atoms with Crippen LogP contribution in [0.2, 0.25) is 0 Å². The number of thiophene rings is 1. The molecule has 1 saturated carbocycles. The third-order valence-corrected chi connectivity index (χ3v) is 7.88. The number of aryl methyl sites for hydroxylation is 2. The van der Waals surface area contributed by atoms with Crippen molar-refractivity contribution >= 4 is 21.6 Å². The molecule has 176 valence electrons. The van der Waals surface area contributed by atoms with E-state index in [-0.39, 0.29) is 5.56 Å². The van der Waals surface area contributed by atoms with Crippen molar-refractivity contribution in [3.63, 3.8) is 0 Å². The number of methoxy groups -OCH3 is 1. The maximum atomic E-state index is 13.5. The molecule has 5 aromatic rings. The molecule has 2 aromatic carbocycles. The van der Waals surface area contributed by atoms with Crippen molar-refractivity contribution in [2.45, 2.75) is 32.6 Å². The Bertz CT molecular complexity index is 1700. The Hall–Kier alpha value is -3.91. The number of ether oxygens (including phenoxy) is 1. The van der Waals surface area contributed by atoms with Gasteiger partial charge in [0.1, 0.15) is 10.6 Å². The number of aromatic nitrogens is 4. The van der Waals surface area contributed by atoms with Crippen LogP contribution in [0.4, 0.5) is 0 Å². The monoisotopic (exact) mass is 484 g/mol. The minimum Gasteiger partial charge on any atom is -0.495 e. The molecule has 1 N–H and O–H groups in total. The van der Waals surface area contributed by atoms with Crippen molar-refractivity contribution < 1.29 is 4.74 Å². The second-order valence-corrected chi connectivity index (χ2v) is 10.0. The molecule has 0 atom stereocenters. The Balaban J connectivity index is 1.47. The number of rotatable bonds is 5. The number of fused-ring (bicyclic) bond motifs is 1. The van der Waals surface area contributed by atoms with Gasteiger partial charge in [-0.15, -0.1) is 11.3 Å². The van der Waals surface area contributed by atoms with Crippen molar-refractivity contribution in [1.29, 1.82) is 0 Å². The molecule has 7 nitrogen and oxygen atoms in total. The minimum absolute atomic E-state index is 0.305. The smallest absolute Gasteiger partial charge is 0.334 e. The molecule has 3 aromatic heterocycles. The van der Waals surface area contributed by atoms with E-state index in [1.54, 1.807) is 13.4 Å². The van der Waals surface area contributed by atoms with Crippen LogP contribution in [0.15, 0.2) is 64.6 Å². The largest absolute Gasteiger partial charge is 0.495 e. The second kappa shape index (κ2) is 8.09. The summed E-state index contributed by atoms with van der Waals surface area (Å²) >= 11 is 1.41. The number of hydrogen-bond acceptors (Lipinski definition) is 5. The zero-order chi connectivity index (χ0) is 24.3. The summed E-state index contributed by atoms with van der Waals surface area (Å²) in [5.41, 5.74) is 4.65. The quantitative estimate of drug-likeness (QED) is 0.376. The molecule has 0 spiro atoms. The lowest BCUT2D eigenvalue weighted by molar-refractivity contribution is 0.413. The van der Waals surface area contributed by atoms with Crippen LogP contribution in [0.5, 0.6) is 5.75 Å². The normalized spacial score (nSPS) is 13.5. The van der Waals surface area contributed by atoms with E-state index in [4.69, 9.17) is 4.74 Å². The number of aromatic amines is 1. The lowest BCUT2D eigenvalue weighted by Gasteiger charge is -2.11. The number of benzene rings is 2. The Morgan fingerprint density at radius 3 is 2.51 bits per heavy atom. The highest BCUT2D eigenvalue weighted by Crippen LogP contribution is 2.40. The third kappa shape index (κ3) is 3.61. The van der Waals surface area contributed by atoms with Gasteiger partial charge in [0.05, 0.1) is 35.9 Å². The summed E-state index contributed by atoms with van der Waals surface area (Å²) < 4.78 is 8.81. The van der Waals surface area contributed by atoms with E-state index in [1.807, 2.05) is 67.1 Å². The highest BCUT2D eigenvalue weighted by molar-refractivity contribution is 7.22. The van der Waals surface area contributed by atoms with E-state index in [1.165, 1.54) is 34.3 Å². The highest BCUT2D eigenvalue weighted by Gasteiger charge is 2.24. The van der Waals surface area contributed by atoms with Gasteiger partial charge in [0.2, 0.25) is 0 Å². The Kier molecular flexibility index (Phi) is 5.00. The fourth-order valence-electron chi connectivity index (χ4n) is 4.62. The average Bonchev–Trinajstić information content (AvgIpc) is 3.53. The Morgan fingerprint density at radius 2 is 1.86 bits per heavy atom. The van der Waals surface area contributed by atoms with Crippen LogP contribution < -0.4 is 16.0 Å². The maximum Gasteiger partial charge on any atom is 0.334 e. The first-order valence-corrected chi connectivity index (χ1v) is 12.3. The average molecular weight is 485 g/mol. The Labute approximate surface area is 205 Å². The molecule has 1 aliphatic carbocycles. The zero-order valence-electron chi connectivity index (χ0n) is 19.7. The zero-order valence-corrected chi connectivity index (χ0v) is 20.5. The summed E-state index contributed by atoms with van der Waals surface area (Å²) in [6.45, 7) is 3.86. The van der Waals surface area contributed by atoms with Crippen LogP contribution in [-0.2, 0) is 0 Å². The van der Waals surface area contributed by atoms with Gasteiger partial charge in [0.15, 0.2) is 0 Å². The summed E-state index contributed by atoms with van der Waals surface area (Å²) in [6, 6.07) is 13.7. The van der Waals surface area contributed by atoms with E-state index in [0.717, 1.165) is 27.4 Å². The van der Waals surface area contributed by atoms with Crippen LogP contribution in [0.1, 0.15) is 35.6 Å². The van der Waals surface area contributed by atoms with Crippen molar-refractivity contribution in [3.05, 3.63) is 92.6 Å². The molecule has 35 heavy (non-hydrogen) atoms. The van der Waals surface area contributed by atoms with E-state index in [9.17, 15) is 9.59 Å². The third-order valence-electron chi connectivity index (χ3n) is 6.62. The Morgan fingerprint density at radius 1 is 1.09 bits per heavy atom. The predicted octanol–water partition coefficient (Wildman–Crippen LogP) is 5.10. The summed E-state index contributed by atoms with van der Waals surface area (Å²) in [5.74, 6) is 1.31. The molecule has 0 radical (unpaired) electrons. The van der Waals surface area contributed by atoms with Crippen molar-refractivity contribution in [3.8, 4) is 27.6 Å². The standard InChI is InChI=1S/C27H24N4O3S/c1-15-13-30(14-28-15)21-11-8-19(12-22(21)34-3)24-16(2)23-25(35-24)29-27(33)31(26(23)32)20-9-6-18(7-10-20)17-4-5-17/h6-14,17H,4-5H2,1-3H3,(H,29,33). The van der Waals surface area contributed by atoms with Crippen LogP contribution in [0.3, 0.4) is 0 Å². The van der Waals surface area contributed by atoms with Crippen LogP contribution in [0.25, 0.3) is 32.0 Å². The molecule has 0 saturated heterocycles. The number of H-pyrrole nitrogens is 1. The molecule has 8 heteroatoms. The highest BCUT2D eigenvalue weighted by atomic mass is 32.1. The van der Waals surface area contributed by atoms with Crippen molar-refractivity contribution in [2.24, 2.45) is 0 Å². The van der Waals surface area contributed by atoms with Gasteiger partial charge in [-0.1, -0.05) is 18.2 Å². The predicted molar refractivity (Wildman–Crippen MR) is 139 cm³/mol. The first-order chi connectivity index (χ1) is 16.9. The van der Waals surface area contributed by atoms with E-state index in [2.05, 4.69) is 9.97 Å². The van der Waals surface area contributed by atoms with Crippen LogP contribution in [0, 0.1) is 13.8 Å². The summed E-state index contributed by atoms with van der Waals surface area (Å²) in [6.07, 6.45) is 6.10. The number of nitrogens with zero attached hydrogens (tertiary/aromatic N) is 3. The second-order valence-electron chi connectivity index (χ2n) is 9.01. The fourth-order valence-corrected chi connectivity index (χ4v) is 5.81. The van der Waals surface area contributed by atoms with E-state index in [0.29, 0.717) is 27.6 Å². The summed E-state index contributed by atoms with van der Waals surface area (Å²) in [5, 5.41) is 0.532. The van der Waals surface area contributed by atoms with Gasteiger partial charge in [-0.3, -0.25) is 9.78 Å². The molecular weight excluding hydrogens is 460 g/mol. The molecule has 0 unspecified atom stereocenters. The molecule has 6 rings (SSSR count). The molecule has 0 amide bonds. The molecule has 1 fully saturated rings. The molecule has 0 bridgehead atoms. The minimum atomic E-state index is -0.433. The first kappa shape index (κ1) is 21.6. The molecule has 1 aliphatic rings. The lowest BCUT2D eigenvalue weighted by atomic mass is 10.1. The van der Waals surface area contributed by atoms with Gasteiger partial charge in [-0.2, -0.15) is 0 Å². The maximum absolute atomic E-state index is 13.5. The van der Waals surface area contributed by atoms with Gasteiger partial charge in [0, 0.05) is 11.1 Å². The molecular formula is C27H24N4O3S. The molecule has 3 heterocycles. The van der Waals surface area contributed by atoms with Gasteiger partial charge < -0.3 is 9.30 Å². The van der Waals surface area contributed by atoms with Crippen molar-refractivity contribution in [1.82, 2.24) is 19.1 Å². The SMILES string of the molecule is COc1cc(-c2sc3[nH]c(=O)n(-c4ccc(C5CC5)cc4)c(=O)c3c2C)ccc1-n1cnc(C)c1. The lowest BCUT2D eigenvalue weighted by Crippen LogP contribution is -2.33. The van der Waals surface area contributed by atoms with Crippen molar-refractivity contribution in [2.75, 3.05) is 7.11 Å². The van der Waals surface area contributed by atoms with Gasteiger partial charge in [-0.05, 0) is 73.6 Å². The summed E-state index contributed by atoms with van der Waals surface area (Å²) in [4.78, 5) is 35.2. The number of hydrogen-bond donors (Lipinski definition) is 1. The van der Waals surface area contributed by atoms with Crippen LogP contribution >= 0.6 is 11.3 Å². The summed E-state index contributed by atoms with van der Waals surface area (Å²) in [7, 11) is 1.63. The first-order valence-electron chi connectivity index (χ1n) is 11.5. The van der Waals surface area contributed by atoms with Gasteiger partial charge in [0.25, 0.3) is 5.56 Å². The number of nitrogens with one attached hydrogen (secondary N) is 1. The number of imidazole rings is 1. The van der Waals surface area contributed by atoms with E-state index < -0.39 is 5.69 Å². The van der Waals surface area contributed by atoms with Gasteiger partial charge in [-0.25, -0.2) is 14.3 Å². The van der Waals surface area contributed by atoms with Crippen LogP contribution in [-0.4, -0.2) is 26.2 Å².